The molecule has 7 heteroatoms. The van der Waals surface area contributed by atoms with Crippen molar-refractivity contribution >= 4 is 29.9 Å². The highest BCUT2D eigenvalue weighted by molar-refractivity contribution is 14.0. The van der Waals surface area contributed by atoms with E-state index in [1.54, 1.807) is 0 Å². The number of guanidine groups is 1. The van der Waals surface area contributed by atoms with Crippen molar-refractivity contribution in [2.75, 3.05) is 19.7 Å². The molecule has 1 atom stereocenters. The third-order valence-electron chi connectivity index (χ3n) is 3.31. The molecule has 1 aromatic rings. The van der Waals surface area contributed by atoms with Crippen molar-refractivity contribution in [3.8, 4) is 0 Å². The van der Waals surface area contributed by atoms with E-state index in [1.165, 1.54) is 0 Å². The highest BCUT2D eigenvalue weighted by Gasteiger charge is 2.18. The van der Waals surface area contributed by atoms with E-state index in [0.717, 1.165) is 25.5 Å². The van der Waals surface area contributed by atoms with Crippen molar-refractivity contribution in [3.05, 3.63) is 18.2 Å². The number of imidazole rings is 1. The lowest BCUT2D eigenvalue weighted by Gasteiger charge is -2.31. The van der Waals surface area contributed by atoms with E-state index >= 15 is 0 Å². The fourth-order valence-corrected chi connectivity index (χ4v) is 2.33. The summed E-state index contributed by atoms with van der Waals surface area (Å²) in [4.78, 5) is 10.9. The largest absolute Gasteiger partial charge is 0.375 e. The third kappa shape index (κ3) is 5.46. The standard InChI is InChI=1S/C14H25N5O.HI/c1-11(2)9-18-5-4-16-13(18)8-17-14(15)19-6-7-20-12(3)10-19;/h4-5,11-12H,6-10H2,1-3H3,(H2,15,17);1H. The van der Waals surface area contributed by atoms with Gasteiger partial charge in [-0.25, -0.2) is 9.98 Å². The fourth-order valence-electron chi connectivity index (χ4n) is 2.33. The topological polar surface area (TPSA) is 68.7 Å². The maximum atomic E-state index is 6.06. The molecule has 1 aliphatic heterocycles. The summed E-state index contributed by atoms with van der Waals surface area (Å²) in [5.41, 5.74) is 6.06. The molecule has 1 aliphatic rings. The van der Waals surface area contributed by atoms with Gasteiger partial charge in [-0.3, -0.25) is 0 Å². The zero-order valence-corrected chi connectivity index (χ0v) is 15.4. The van der Waals surface area contributed by atoms with Crippen LogP contribution in [0.5, 0.6) is 0 Å². The highest BCUT2D eigenvalue weighted by atomic mass is 127. The Morgan fingerprint density at radius 1 is 1.57 bits per heavy atom. The smallest absolute Gasteiger partial charge is 0.191 e. The summed E-state index contributed by atoms with van der Waals surface area (Å²) in [6.07, 6.45) is 4.03. The lowest BCUT2D eigenvalue weighted by atomic mass is 10.2. The molecule has 1 aromatic heterocycles. The first kappa shape index (κ1) is 18.2. The third-order valence-corrected chi connectivity index (χ3v) is 3.31. The summed E-state index contributed by atoms with van der Waals surface area (Å²) in [5, 5.41) is 0. The maximum absolute atomic E-state index is 6.06. The maximum Gasteiger partial charge on any atom is 0.191 e. The zero-order valence-electron chi connectivity index (χ0n) is 13.0. The van der Waals surface area contributed by atoms with Crippen LogP contribution in [-0.4, -0.2) is 46.2 Å². The Morgan fingerprint density at radius 2 is 2.33 bits per heavy atom. The Labute approximate surface area is 143 Å². The molecule has 2 N–H and O–H groups in total. The van der Waals surface area contributed by atoms with Crippen LogP contribution in [0.4, 0.5) is 0 Å². The molecule has 2 heterocycles. The summed E-state index contributed by atoms with van der Waals surface area (Å²) in [6, 6.07) is 0. The van der Waals surface area contributed by atoms with E-state index in [0.29, 0.717) is 25.0 Å². The Hall–Kier alpha value is -0.830. The number of nitrogens with two attached hydrogens (primary N) is 1. The van der Waals surface area contributed by atoms with Gasteiger partial charge in [-0.1, -0.05) is 13.8 Å². The molecule has 0 radical (unpaired) electrons. The quantitative estimate of drug-likeness (QED) is 0.469. The van der Waals surface area contributed by atoms with Gasteiger partial charge < -0.3 is 19.9 Å². The highest BCUT2D eigenvalue weighted by Crippen LogP contribution is 2.07. The SMILES string of the molecule is CC(C)Cn1ccnc1CN=C(N)N1CCOC(C)C1.I. The second-order valence-electron chi connectivity index (χ2n) is 5.69. The summed E-state index contributed by atoms with van der Waals surface area (Å²) in [5.74, 6) is 2.13. The predicted molar refractivity (Wildman–Crippen MR) is 94.8 cm³/mol. The summed E-state index contributed by atoms with van der Waals surface area (Å²) in [7, 11) is 0. The molecule has 2 rings (SSSR count). The van der Waals surface area contributed by atoms with Gasteiger partial charge in [-0.05, 0) is 12.8 Å². The number of aliphatic imine (C=N–C) groups is 1. The molecular weight excluding hydrogens is 381 g/mol. The van der Waals surface area contributed by atoms with Crippen molar-refractivity contribution in [1.29, 1.82) is 0 Å². The summed E-state index contributed by atoms with van der Waals surface area (Å²) in [6.45, 7) is 10.2. The molecule has 1 unspecified atom stereocenters. The van der Waals surface area contributed by atoms with E-state index in [1.807, 2.05) is 12.4 Å². The number of halogens is 1. The number of hydrogen-bond acceptors (Lipinski definition) is 3. The molecule has 0 aromatic carbocycles. The number of hydrogen-bond donors (Lipinski definition) is 1. The molecule has 0 aliphatic carbocycles. The Morgan fingerprint density at radius 3 is 3.00 bits per heavy atom. The molecule has 0 saturated carbocycles. The van der Waals surface area contributed by atoms with E-state index in [4.69, 9.17) is 10.5 Å². The van der Waals surface area contributed by atoms with Crippen molar-refractivity contribution in [1.82, 2.24) is 14.5 Å². The molecule has 0 bridgehead atoms. The van der Waals surface area contributed by atoms with Gasteiger partial charge in [0.05, 0.1) is 12.7 Å². The van der Waals surface area contributed by atoms with Crippen LogP contribution in [0, 0.1) is 5.92 Å². The van der Waals surface area contributed by atoms with Crippen molar-refractivity contribution < 1.29 is 4.74 Å². The predicted octanol–water partition coefficient (Wildman–Crippen LogP) is 1.69. The van der Waals surface area contributed by atoms with Crippen LogP contribution in [0.3, 0.4) is 0 Å². The molecule has 1 fully saturated rings. The van der Waals surface area contributed by atoms with Crippen molar-refractivity contribution in [2.45, 2.75) is 40.0 Å². The molecule has 0 amide bonds. The molecule has 0 spiro atoms. The average molecular weight is 407 g/mol. The lowest BCUT2D eigenvalue weighted by molar-refractivity contribution is 0.00528. The first-order valence-corrected chi connectivity index (χ1v) is 7.22. The molecule has 1 saturated heterocycles. The second kappa shape index (κ2) is 8.57. The monoisotopic (exact) mass is 407 g/mol. The molecule has 120 valence electrons. The second-order valence-corrected chi connectivity index (χ2v) is 5.69. The average Bonchev–Trinajstić information content (AvgIpc) is 2.82. The van der Waals surface area contributed by atoms with Gasteiger partial charge in [0.1, 0.15) is 12.4 Å². The zero-order chi connectivity index (χ0) is 14.5. The van der Waals surface area contributed by atoms with Crippen LogP contribution < -0.4 is 5.73 Å². The Bertz CT molecular complexity index is 460. The van der Waals surface area contributed by atoms with Crippen LogP contribution in [0.25, 0.3) is 0 Å². The Balaban J connectivity index is 0.00000220. The van der Waals surface area contributed by atoms with Crippen molar-refractivity contribution in [3.63, 3.8) is 0 Å². The van der Waals surface area contributed by atoms with Crippen LogP contribution in [0.15, 0.2) is 17.4 Å². The van der Waals surface area contributed by atoms with E-state index in [9.17, 15) is 0 Å². The van der Waals surface area contributed by atoms with Gasteiger partial charge in [-0.15, -0.1) is 24.0 Å². The minimum Gasteiger partial charge on any atom is -0.375 e. The first-order valence-electron chi connectivity index (χ1n) is 7.22. The normalized spacial score (nSPS) is 19.7. The van der Waals surface area contributed by atoms with E-state index in [2.05, 4.69) is 40.2 Å². The van der Waals surface area contributed by atoms with Crippen LogP contribution >= 0.6 is 24.0 Å². The van der Waals surface area contributed by atoms with Gasteiger partial charge in [0.15, 0.2) is 5.96 Å². The van der Waals surface area contributed by atoms with Gasteiger partial charge in [0, 0.05) is 32.0 Å². The lowest BCUT2D eigenvalue weighted by Crippen LogP contribution is -2.47. The fraction of sp³-hybridized carbons (Fsp3) is 0.714. The van der Waals surface area contributed by atoms with E-state index < -0.39 is 0 Å². The number of aromatic nitrogens is 2. The van der Waals surface area contributed by atoms with Gasteiger partial charge in [0.2, 0.25) is 0 Å². The number of ether oxygens (including phenoxy) is 1. The van der Waals surface area contributed by atoms with Crippen molar-refractivity contribution in [2.24, 2.45) is 16.6 Å². The van der Waals surface area contributed by atoms with Gasteiger partial charge in [-0.2, -0.15) is 0 Å². The van der Waals surface area contributed by atoms with Gasteiger partial charge >= 0.3 is 0 Å². The Kier molecular flexibility index (Phi) is 7.44. The van der Waals surface area contributed by atoms with Crippen LogP contribution in [-0.2, 0) is 17.8 Å². The first-order chi connectivity index (χ1) is 9.56. The summed E-state index contributed by atoms with van der Waals surface area (Å²) >= 11 is 0. The number of morpholine rings is 1. The minimum absolute atomic E-state index is 0. The molecular formula is C14H26IN5O. The molecule has 6 nitrogen and oxygen atoms in total. The number of rotatable bonds is 4. The number of nitrogens with zero attached hydrogens (tertiary/aromatic N) is 4. The summed E-state index contributed by atoms with van der Waals surface area (Å²) < 4.78 is 7.65. The van der Waals surface area contributed by atoms with Crippen LogP contribution in [0.2, 0.25) is 0 Å². The van der Waals surface area contributed by atoms with Gasteiger partial charge in [0.25, 0.3) is 0 Å². The minimum atomic E-state index is 0. The van der Waals surface area contributed by atoms with Crippen LogP contribution in [0.1, 0.15) is 26.6 Å². The van der Waals surface area contributed by atoms with E-state index in [-0.39, 0.29) is 30.1 Å². The molecule has 21 heavy (non-hydrogen) atoms.